The molecule has 0 atom stereocenters. The van der Waals surface area contributed by atoms with Crippen LogP contribution in [-0.4, -0.2) is 40.8 Å². The van der Waals surface area contributed by atoms with Crippen molar-refractivity contribution in [1.82, 2.24) is 5.32 Å². The van der Waals surface area contributed by atoms with E-state index in [1.807, 2.05) is 0 Å². The van der Waals surface area contributed by atoms with Gasteiger partial charge in [-0.05, 0) is 83.7 Å². The lowest BCUT2D eigenvalue weighted by Crippen LogP contribution is -2.36. The molecule has 0 unspecified atom stereocenters. The third-order valence-corrected chi connectivity index (χ3v) is 3.43. The molecule has 0 aliphatic rings. The third kappa shape index (κ3) is 11.2. The van der Waals surface area contributed by atoms with Crippen molar-refractivity contribution >= 4 is 11.9 Å². The predicted octanol–water partition coefficient (Wildman–Crippen LogP) is 3.31. The van der Waals surface area contributed by atoms with Crippen LogP contribution < -0.4 is 10.1 Å². The Morgan fingerprint density at radius 2 is 1.60 bits per heavy atom. The van der Waals surface area contributed by atoms with Crippen LogP contribution in [0, 0.1) is 20.8 Å². The van der Waals surface area contributed by atoms with Gasteiger partial charge in [0.05, 0.1) is 6.61 Å². The molecule has 3 N–H and O–H groups in total. The number of carbonyl (C=O) groups is 2. The van der Waals surface area contributed by atoms with Gasteiger partial charge in [-0.1, -0.05) is 6.07 Å². The zero-order chi connectivity index (χ0) is 19.6. The van der Waals surface area contributed by atoms with Crippen molar-refractivity contribution in [2.45, 2.75) is 59.9 Å². The molecule has 0 bridgehead atoms. The fourth-order valence-corrected chi connectivity index (χ4v) is 2.02. The molecule has 0 amide bonds. The molecule has 0 radical (unpaired) electrons. The zero-order valence-electron chi connectivity index (χ0n) is 16.1. The van der Waals surface area contributed by atoms with Gasteiger partial charge in [-0.2, -0.15) is 0 Å². The highest BCUT2D eigenvalue weighted by atomic mass is 16.5. The van der Waals surface area contributed by atoms with Gasteiger partial charge in [-0.3, -0.25) is 0 Å². The average Bonchev–Trinajstić information content (AvgIpc) is 2.46. The summed E-state index contributed by atoms with van der Waals surface area (Å²) in [5, 5.41) is 18.3. The number of rotatable bonds is 6. The molecule has 0 fully saturated rings. The molecule has 0 saturated heterocycles. The Labute approximate surface area is 150 Å². The molecule has 0 heterocycles. The summed E-state index contributed by atoms with van der Waals surface area (Å²) in [5.74, 6) is -2.61. The number of hydrogen-bond acceptors (Lipinski definition) is 4. The van der Waals surface area contributed by atoms with E-state index in [0.29, 0.717) is 0 Å². The van der Waals surface area contributed by atoms with Crippen molar-refractivity contribution in [1.29, 1.82) is 0 Å². The lowest BCUT2D eigenvalue weighted by molar-refractivity contribution is -0.159. The first-order chi connectivity index (χ1) is 11.4. The van der Waals surface area contributed by atoms with E-state index in [4.69, 9.17) is 24.5 Å². The predicted molar refractivity (Wildman–Crippen MR) is 98.4 cm³/mol. The molecule has 6 heteroatoms. The Bertz CT molecular complexity index is 564. The van der Waals surface area contributed by atoms with Crippen LogP contribution >= 0.6 is 0 Å². The summed E-state index contributed by atoms with van der Waals surface area (Å²) in [7, 11) is 0. The van der Waals surface area contributed by atoms with E-state index < -0.39 is 11.9 Å². The Kier molecular flexibility index (Phi) is 9.82. The van der Waals surface area contributed by atoms with Crippen molar-refractivity contribution < 1.29 is 24.5 Å². The average molecular weight is 353 g/mol. The van der Waals surface area contributed by atoms with Gasteiger partial charge < -0.3 is 20.3 Å². The SMILES string of the molecule is Cc1cc(C)c(C)c(OCCCCNC(C)(C)C)c1.O=C(O)C(=O)O. The largest absolute Gasteiger partial charge is 0.493 e. The van der Waals surface area contributed by atoms with Crippen LogP contribution in [0.15, 0.2) is 12.1 Å². The van der Waals surface area contributed by atoms with Gasteiger partial charge in [0.25, 0.3) is 0 Å². The minimum atomic E-state index is -1.82. The first-order valence-corrected chi connectivity index (χ1v) is 8.36. The van der Waals surface area contributed by atoms with Crippen molar-refractivity contribution in [3.63, 3.8) is 0 Å². The van der Waals surface area contributed by atoms with E-state index in [1.54, 1.807) is 0 Å². The number of benzene rings is 1. The number of unbranched alkanes of at least 4 members (excludes halogenated alkanes) is 1. The van der Waals surface area contributed by atoms with Crippen LogP contribution in [0.2, 0.25) is 0 Å². The van der Waals surface area contributed by atoms with Crippen molar-refractivity contribution in [2.24, 2.45) is 0 Å². The van der Waals surface area contributed by atoms with Crippen LogP contribution in [0.4, 0.5) is 0 Å². The molecule has 6 nitrogen and oxygen atoms in total. The van der Waals surface area contributed by atoms with E-state index in [0.717, 1.165) is 31.7 Å². The second-order valence-electron chi connectivity index (χ2n) is 7.05. The van der Waals surface area contributed by atoms with Gasteiger partial charge in [0.15, 0.2) is 0 Å². The smallest absolute Gasteiger partial charge is 0.414 e. The summed E-state index contributed by atoms with van der Waals surface area (Å²) in [6, 6.07) is 4.34. The number of ether oxygens (including phenoxy) is 1. The number of carboxylic acids is 2. The molecule has 1 aromatic carbocycles. The van der Waals surface area contributed by atoms with Crippen molar-refractivity contribution in [3.05, 3.63) is 28.8 Å². The Balaban J connectivity index is 0.000000823. The molecule has 142 valence electrons. The second-order valence-corrected chi connectivity index (χ2v) is 7.05. The Hall–Kier alpha value is -2.08. The first-order valence-electron chi connectivity index (χ1n) is 8.36. The topological polar surface area (TPSA) is 95.9 Å². The molecule has 0 aromatic heterocycles. The Morgan fingerprint density at radius 3 is 2.08 bits per heavy atom. The number of nitrogens with one attached hydrogen (secondary N) is 1. The van der Waals surface area contributed by atoms with Crippen LogP contribution in [0.25, 0.3) is 0 Å². The van der Waals surface area contributed by atoms with Gasteiger partial charge >= 0.3 is 11.9 Å². The lowest BCUT2D eigenvalue weighted by atomic mass is 10.1. The van der Waals surface area contributed by atoms with Gasteiger partial charge in [0, 0.05) is 5.54 Å². The minimum absolute atomic E-state index is 0.213. The van der Waals surface area contributed by atoms with E-state index in [9.17, 15) is 0 Å². The Morgan fingerprint density at radius 1 is 1.04 bits per heavy atom. The molecule has 1 rings (SSSR count). The number of hydrogen-bond donors (Lipinski definition) is 3. The normalized spacial score (nSPS) is 10.6. The van der Waals surface area contributed by atoms with E-state index >= 15 is 0 Å². The van der Waals surface area contributed by atoms with Crippen LogP contribution in [-0.2, 0) is 9.59 Å². The maximum atomic E-state index is 9.10. The van der Waals surface area contributed by atoms with Crippen molar-refractivity contribution in [3.8, 4) is 5.75 Å². The standard InChI is InChI=1S/C17H29NO.C2H2O4/c1-13-11-14(2)15(3)16(12-13)19-10-8-7-9-18-17(4,5)6;3-1(4)2(5)6/h11-12,18H,7-10H2,1-6H3;(H,3,4)(H,5,6). The van der Waals surface area contributed by atoms with E-state index in [1.165, 1.54) is 16.7 Å². The highest BCUT2D eigenvalue weighted by Crippen LogP contribution is 2.23. The summed E-state index contributed by atoms with van der Waals surface area (Å²) in [5.41, 5.74) is 4.06. The van der Waals surface area contributed by atoms with Crippen LogP contribution in [0.5, 0.6) is 5.75 Å². The van der Waals surface area contributed by atoms with Crippen LogP contribution in [0.1, 0.15) is 50.3 Å². The van der Waals surface area contributed by atoms with Crippen molar-refractivity contribution in [2.75, 3.05) is 13.2 Å². The quantitative estimate of drug-likeness (QED) is 0.536. The summed E-state index contributed by atoms with van der Waals surface area (Å²) in [6.07, 6.45) is 2.25. The fourth-order valence-electron chi connectivity index (χ4n) is 2.02. The highest BCUT2D eigenvalue weighted by Gasteiger charge is 2.07. The summed E-state index contributed by atoms with van der Waals surface area (Å²) < 4.78 is 5.90. The molecule has 1 aromatic rings. The fraction of sp³-hybridized carbons (Fsp3) is 0.579. The lowest BCUT2D eigenvalue weighted by Gasteiger charge is -2.20. The maximum Gasteiger partial charge on any atom is 0.414 e. The van der Waals surface area contributed by atoms with Gasteiger partial charge in [-0.25, -0.2) is 9.59 Å². The number of aryl methyl sites for hydroxylation is 2. The minimum Gasteiger partial charge on any atom is -0.493 e. The molecular weight excluding hydrogens is 322 g/mol. The molecule has 0 saturated carbocycles. The first kappa shape index (κ1) is 22.9. The molecule has 25 heavy (non-hydrogen) atoms. The second kappa shape index (κ2) is 10.7. The number of aliphatic carboxylic acids is 2. The molecular formula is C19H31NO5. The van der Waals surface area contributed by atoms with Gasteiger partial charge in [-0.15, -0.1) is 0 Å². The van der Waals surface area contributed by atoms with Gasteiger partial charge in [0.1, 0.15) is 5.75 Å². The highest BCUT2D eigenvalue weighted by molar-refractivity contribution is 6.27. The monoisotopic (exact) mass is 353 g/mol. The zero-order valence-corrected chi connectivity index (χ0v) is 16.1. The third-order valence-electron chi connectivity index (χ3n) is 3.43. The van der Waals surface area contributed by atoms with E-state index in [-0.39, 0.29) is 5.54 Å². The summed E-state index contributed by atoms with van der Waals surface area (Å²) in [6.45, 7) is 14.8. The molecule has 0 aliphatic heterocycles. The molecule has 0 aliphatic carbocycles. The van der Waals surface area contributed by atoms with Crippen LogP contribution in [0.3, 0.4) is 0 Å². The van der Waals surface area contributed by atoms with E-state index in [2.05, 4.69) is 59.0 Å². The number of carboxylic acid groups (broad SMARTS) is 2. The summed E-state index contributed by atoms with van der Waals surface area (Å²) >= 11 is 0. The molecule has 0 spiro atoms. The van der Waals surface area contributed by atoms with Gasteiger partial charge in [0.2, 0.25) is 0 Å². The maximum absolute atomic E-state index is 9.10. The summed E-state index contributed by atoms with van der Waals surface area (Å²) in [4.78, 5) is 18.2.